The van der Waals surface area contributed by atoms with Crippen LogP contribution in [0.4, 0.5) is 5.69 Å². The average Bonchev–Trinajstić information content (AvgIpc) is 3.39. The molecule has 1 amide bonds. The van der Waals surface area contributed by atoms with Crippen molar-refractivity contribution < 1.29 is 4.79 Å². The Labute approximate surface area is 169 Å². The molecule has 0 bridgehead atoms. The first-order chi connectivity index (χ1) is 14.2. The van der Waals surface area contributed by atoms with Crippen LogP contribution in [-0.2, 0) is 24.3 Å². The number of amides is 1. The predicted molar refractivity (Wildman–Crippen MR) is 109 cm³/mol. The Morgan fingerprint density at radius 3 is 2.97 bits per heavy atom. The highest BCUT2D eigenvalue weighted by atomic mass is 32.1. The van der Waals surface area contributed by atoms with E-state index >= 15 is 0 Å². The van der Waals surface area contributed by atoms with Gasteiger partial charge in [0.2, 0.25) is 5.91 Å². The van der Waals surface area contributed by atoms with Gasteiger partial charge in [0.05, 0.1) is 11.0 Å². The molecule has 10 heteroatoms. The third-order valence-electron chi connectivity index (χ3n) is 5.04. The van der Waals surface area contributed by atoms with E-state index in [2.05, 4.69) is 20.3 Å². The fourth-order valence-corrected chi connectivity index (χ4v) is 4.33. The second-order valence-electron chi connectivity index (χ2n) is 7.02. The summed E-state index contributed by atoms with van der Waals surface area (Å²) in [4.78, 5) is 29.6. The lowest BCUT2D eigenvalue weighted by Gasteiger charge is -2.06. The first-order valence-corrected chi connectivity index (χ1v) is 10.4. The van der Waals surface area contributed by atoms with Crippen LogP contribution in [0.15, 0.2) is 40.5 Å². The summed E-state index contributed by atoms with van der Waals surface area (Å²) >= 11 is 1.38. The molecule has 29 heavy (non-hydrogen) atoms. The number of nitrogens with one attached hydrogen (secondary N) is 1. The summed E-state index contributed by atoms with van der Waals surface area (Å²) in [5.74, 6) is 0.767. The molecule has 0 aliphatic carbocycles. The number of aromatic nitrogens is 6. The molecule has 0 spiro atoms. The Balaban J connectivity index is 1.33. The van der Waals surface area contributed by atoms with E-state index in [1.165, 1.54) is 22.4 Å². The maximum Gasteiger partial charge on any atom is 0.369 e. The lowest BCUT2D eigenvalue weighted by molar-refractivity contribution is -0.117. The fourth-order valence-electron chi connectivity index (χ4n) is 3.67. The van der Waals surface area contributed by atoms with Gasteiger partial charge in [-0.05, 0) is 59.0 Å². The molecule has 148 valence electrons. The first-order valence-electron chi connectivity index (χ1n) is 9.55. The van der Waals surface area contributed by atoms with Crippen LogP contribution in [0.3, 0.4) is 0 Å². The number of benzene rings is 1. The van der Waals surface area contributed by atoms with Gasteiger partial charge in [0, 0.05) is 18.7 Å². The van der Waals surface area contributed by atoms with Crippen LogP contribution in [0.25, 0.3) is 16.0 Å². The SMILES string of the molecule is O=C(Cn1nnn(-c2cccs2)c1=O)Nc1ccc2c(c1)nc1n2CCCCC1. The van der Waals surface area contributed by atoms with Gasteiger partial charge < -0.3 is 9.88 Å². The molecule has 0 radical (unpaired) electrons. The zero-order valence-electron chi connectivity index (χ0n) is 15.6. The summed E-state index contributed by atoms with van der Waals surface area (Å²) in [7, 11) is 0. The molecule has 1 N–H and O–H groups in total. The van der Waals surface area contributed by atoms with Gasteiger partial charge in [-0.1, -0.05) is 6.42 Å². The minimum atomic E-state index is -0.448. The molecule has 0 atom stereocenters. The summed E-state index contributed by atoms with van der Waals surface area (Å²) < 4.78 is 4.50. The van der Waals surface area contributed by atoms with Crippen LogP contribution in [0.2, 0.25) is 0 Å². The van der Waals surface area contributed by atoms with Crippen LogP contribution < -0.4 is 11.0 Å². The summed E-state index contributed by atoms with van der Waals surface area (Å²) in [6.07, 6.45) is 4.54. The number of aryl methyl sites for hydroxylation is 2. The molecule has 4 aromatic rings. The minimum Gasteiger partial charge on any atom is -0.328 e. The van der Waals surface area contributed by atoms with E-state index in [0.29, 0.717) is 10.7 Å². The van der Waals surface area contributed by atoms with Crippen molar-refractivity contribution in [3.8, 4) is 5.00 Å². The van der Waals surface area contributed by atoms with Crippen molar-refractivity contribution in [3.63, 3.8) is 0 Å². The van der Waals surface area contributed by atoms with E-state index in [-0.39, 0.29) is 12.5 Å². The summed E-state index contributed by atoms with van der Waals surface area (Å²) in [5.41, 5.74) is 2.17. The number of tetrazole rings is 1. The number of anilines is 1. The van der Waals surface area contributed by atoms with E-state index in [9.17, 15) is 9.59 Å². The van der Waals surface area contributed by atoms with Crippen molar-refractivity contribution in [3.05, 3.63) is 52.0 Å². The van der Waals surface area contributed by atoms with Crippen molar-refractivity contribution in [2.24, 2.45) is 0 Å². The number of thiophene rings is 1. The van der Waals surface area contributed by atoms with E-state index in [1.54, 1.807) is 6.07 Å². The van der Waals surface area contributed by atoms with Gasteiger partial charge in [-0.25, -0.2) is 9.78 Å². The zero-order valence-corrected chi connectivity index (χ0v) is 16.4. The average molecular weight is 409 g/mol. The molecular weight excluding hydrogens is 390 g/mol. The second kappa shape index (κ2) is 7.28. The largest absolute Gasteiger partial charge is 0.369 e. The van der Waals surface area contributed by atoms with Crippen LogP contribution in [0.5, 0.6) is 0 Å². The molecule has 5 rings (SSSR count). The van der Waals surface area contributed by atoms with Gasteiger partial charge in [-0.2, -0.15) is 9.36 Å². The van der Waals surface area contributed by atoms with Crippen LogP contribution in [0, 0.1) is 0 Å². The van der Waals surface area contributed by atoms with E-state index in [0.717, 1.165) is 47.3 Å². The van der Waals surface area contributed by atoms with E-state index in [1.807, 2.05) is 29.6 Å². The number of nitrogens with zero attached hydrogens (tertiary/aromatic N) is 6. The van der Waals surface area contributed by atoms with Gasteiger partial charge in [-0.15, -0.1) is 11.3 Å². The highest BCUT2D eigenvalue weighted by molar-refractivity contribution is 7.12. The minimum absolute atomic E-state index is 0.206. The zero-order chi connectivity index (χ0) is 19.8. The van der Waals surface area contributed by atoms with Crippen LogP contribution >= 0.6 is 11.3 Å². The van der Waals surface area contributed by atoms with Crippen molar-refractivity contribution in [1.82, 2.24) is 29.3 Å². The topological polar surface area (TPSA) is 99.6 Å². The maximum atomic E-state index is 12.4. The van der Waals surface area contributed by atoms with Gasteiger partial charge in [0.1, 0.15) is 17.4 Å². The van der Waals surface area contributed by atoms with Gasteiger partial charge >= 0.3 is 5.69 Å². The number of hydrogen-bond acceptors (Lipinski definition) is 6. The monoisotopic (exact) mass is 409 g/mol. The maximum absolute atomic E-state index is 12.4. The summed E-state index contributed by atoms with van der Waals surface area (Å²) in [6.45, 7) is 0.780. The first kappa shape index (κ1) is 17.8. The Hall–Kier alpha value is -3.27. The molecule has 4 heterocycles. The Morgan fingerprint density at radius 2 is 2.10 bits per heavy atom. The van der Waals surface area contributed by atoms with Gasteiger partial charge in [0.15, 0.2) is 0 Å². The third-order valence-corrected chi connectivity index (χ3v) is 5.88. The Morgan fingerprint density at radius 1 is 1.17 bits per heavy atom. The van der Waals surface area contributed by atoms with Crippen molar-refractivity contribution in [2.45, 2.75) is 38.8 Å². The molecule has 0 saturated heterocycles. The van der Waals surface area contributed by atoms with Crippen molar-refractivity contribution >= 4 is 34.0 Å². The lowest BCUT2D eigenvalue weighted by Crippen LogP contribution is -2.29. The molecular formula is C19H19N7O2S. The van der Waals surface area contributed by atoms with Gasteiger partial charge in [0.25, 0.3) is 0 Å². The molecule has 1 aliphatic rings. The number of carbonyl (C=O) groups excluding carboxylic acids is 1. The highest BCUT2D eigenvalue weighted by Gasteiger charge is 2.16. The molecule has 1 aromatic carbocycles. The molecule has 3 aromatic heterocycles. The molecule has 0 unspecified atom stereocenters. The number of carbonyl (C=O) groups is 1. The van der Waals surface area contributed by atoms with Crippen molar-refractivity contribution in [2.75, 3.05) is 5.32 Å². The van der Waals surface area contributed by atoms with E-state index < -0.39 is 5.69 Å². The Bertz CT molecular complexity index is 1240. The number of rotatable bonds is 4. The summed E-state index contributed by atoms with van der Waals surface area (Å²) in [5, 5.41) is 13.0. The Kier molecular flexibility index (Phi) is 4.47. The smallest absolute Gasteiger partial charge is 0.328 e. The van der Waals surface area contributed by atoms with Crippen LogP contribution in [-0.4, -0.2) is 35.2 Å². The van der Waals surface area contributed by atoms with Gasteiger partial charge in [-0.3, -0.25) is 4.79 Å². The molecule has 1 aliphatic heterocycles. The number of imidazole rings is 1. The quantitative estimate of drug-likeness (QED) is 0.557. The van der Waals surface area contributed by atoms with E-state index in [4.69, 9.17) is 4.98 Å². The number of fused-ring (bicyclic) bond motifs is 3. The normalized spacial score (nSPS) is 13.9. The highest BCUT2D eigenvalue weighted by Crippen LogP contribution is 2.24. The number of hydrogen-bond donors (Lipinski definition) is 1. The molecule has 0 saturated carbocycles. The fraction of sp³-hybridized carbons (Fsp3) is 0.316. The second-order valence-corrected chi connectivity index (χ2v) is 7.95. The third kappa shape index (κ3) is 3.35. The lowest BCUT2D eigenvalue weighted by atomic mass is 10.2. The standard InChI is InChI=1S/C19H19N7O2S/c27-17(12-25-19(28)26(23-22-25)18-6-4-10-29-18)20-13-7-8-15-14(11-13)21-16-5-2-1-3-9-24(15)16/h4,6-8,10-11H,1-3,5,9,12H2,(H,20,27). The predicted octanol–water partition coefficient (Wildman–Crippen LogP) is 2.21. The van der Waals surface area contributed by atoms with Crippen molar-refractivity contribution in [1.29, 1.82) is 0 Å². The summed E-state index contributed by atoms with van der Waals surface area (Å²) in [6, 6.07) is 9.33. The van der Waals surface area contributed by atoms with Crippen LogP contribution in [0.1, 0.15) is 25.1 Å². The molecule has 0 fully saturated rings. The molecule has 9 nitrogen and oxygen atoms in total.